The first-order valence-corrected chi connectivity index (χ1v) is 7.02. The van der Waals surface area contributed by atoms with Crippen LogP contribution in [-0.2, 0) is 9.59 Å². The van der Waals surface area contributed by atoms with Crippen molar-refractivity contribution in [3.05, 3.63) is 23.3 Å². The normalized spacial score (nSPS) is 16.5. The molecule has 102 valence electrons. The molecular weight excluding hydrogens is 224 g/mol. The Morgan fingerprint density at radius 2 is 1.56 bits per heavy atom. The smallest absolute Gasteiger partial charge is 0.182 e. The van der Waals surface area contributed by atoms with E-state index in [2.05, 4.69) is 20.8 Å². The van der Waals surface area contributed by atoms with Crippen molar-refractivity contribution in [2.75, 3.05) is 0 Å². The van der Waals surface area contributed by atoms with Gasteiger partial charge in [-0.3, -0.25) is 9.59 Å². The van der Waals surface area contributed by atoms with Gasteiger partial charge >= 0.3 is 0 Å². The average Bonchev–Trinajstić information content (AvgIpc) is 2.32. The third kappa shape index (κ3) is 4.99. The molecule has 0 aromatic heterocycles. The van der Waals surface area contributed by atoms with E-state index in [9.17, 15) is 9.59 Å². The summed E-state index contributed by atoms with van der Waals surface area (Å²) in [6.45, 7) is 10.2. The first-order chi connectivity index (χ1) is 8.51. The maximum atomic E-state index is 11.7. The third-order valence-electron chi connectivity index (χ3n) is 2.83. The van der Waals surface area contributed by atoms with Gasteiger partial charge < -0.3 is 0 Å². The van der Waals surface area contributed by atoms with Crippen LogP contribution in [0.25, 0.3) is 0 Å². The number of hydrogen-bond acceptors (Lipinski definition) is 2. The zero-order chi connectivity index (χ0) is 14.1. The van der Waals surface area contributed by atoms with Gasteiger partial charge in [0.15, 0.2) is 11.6 Å². The van der Waals surface area contributed by atoms with Crippen molar-refractivity contribution >= 4 is 11.6 Å². The second-order valence-corrected chi connectivity index (χ2v) is 4.75. The fourth-order valence-corrected chi connectivity index (χ4v) is 1.87. The molecule has 1 unspecified atom stereocenters. The van der Waals surface area contributed by atoms with Crippen LogP contribution < -0.4 is 0 Å². The van der Waals surface area contributed by atoms with Gasteiger partial charge in [0.2, 0.25) is 0 Å². The van der Waals surface area contributed by atoms with Crippen LogP contribution in [-0.4, -0.2) is 11.6 Å². The Morgan fingerprint density at radius 3 is 2.00 bits per heavy atom. The molecule has 1 rings (SSSR count). The van der Waals surface area contributed by atoms with Crippen molar-refractivity contribution in [2.45, 2.75) is 60.3 Å². The van der Waals surface area contributed by atoms with Gasteiger partial charge in [-0.05, 0) is 30.9 Å². The van der Waals surface area contributed by atoms with Gasteiger partial charge in [-0.25, -0.2) is 0 Å². The molecule has 0 aromatic carbocycles. The van der Waals surface area contributed by atoms with Gasteiger partial charge in [0.05, 0.1) is 0 Å². The molecule has 1 aliphatic rings. The lowest BCUT2D eigenvalue weighted by Crippen LogP contribution is -2.17. The number of carbonyl (C=O) groups is 2. The molecule has 0 fully saturated rings. The van der Waals surface area contributed by atoms with Gasteiger partial charge in [0.1, 0.15) is 0 Å². The number of carbonyl (C=O) groups excluding carboxylic acids is 2. The monoisotopic (exact) mass is 250 g/mol. The first kappa shape index (κ1) is 16.8. The lowest BCUT2D eigenvalue weighted by atomic mass is 9.86. The van der Waals surface area contributed by atoms with Crippen LogP contribution in [0.4, 0.5) is 0 Å². The summed E-state index contributed by atoms with van der Waals surface area (Å²) in [6, 6.07) is 0. The van der Waals surface area contributed by atoms with Crippen LogP contribution >= 0.6 is 0 Å². The summed E-state index contributed by atoms with van der Waals surface area (Å²) in [5.41, 5.74) is 1.31. The van der Waals surface area contributed by atoms with Crippen molar-refractivity contribution in [2.24, 2.45) is 5.92 Å². The van der Waals surface area contributed by atoms with Crippen molar-refractivity contribution in [3.8, 4) is 0 Å². The Labute approximate surface area is 111 Å². The minimum atomic E-state index is 0.00931. The molecule has 0 bridgehead atoms. The molecular formula is C16H26O2. The van der Waals surface area contributed by atoms with E-state index in [1.807, 2.05) is 13.8 Å². The zero-order valence-corrected chi connectivity index (χ0v) is 12.4. The van der Waals surface area contributed by atoms with Gasteiger partial charge in [0, 0.05) is 11.1 Å². The molecule has 0 N–H and O–H groups in total. The summed E-state index contributed by atoms with van der Waals surface area (Å²) in [4.78, 5) is 23.3. The summed E-state index contributed by atoms with van der Waals surface area (Å²) in [7, 11) is 0. The molecule has 18 heavy (non-hydrogen) atoms. The minimum Gasteiger partial charge on any atom is -0.290 e. The molecule has 0 saturated heterocycles. The Kier molecular flexibility index (Phi) is 8.27. The number of hydrogen-bond donors (Lipinski definition) is 0. The summed E-state index contributed by atoms with van der Waals surface area (Å²) in [5, 5.41) is 0. The summed E-state index contributed by atoms with van der Waals surface area (Å²) in [5.74, 6) is 0.226. The fraction of sp³-hybridized carbons (Fsp3) is 0.625. The van der Waals surface area contributed by atoms with E-state index >= 15 is 0 Å². The molecule has 0 amide bonds. The predicted molar refractivity (Wildman–Crippen MR) is 76.5 cm³/mol. The van der Waals surface area contributed by atoms with Crippen molar-refractivity contribution in [1.29, 1.82) is 0 Å². The maximum absolute atomic E-state index is 11.7. The minimum absolute atomic E-state index is 0.00931. The first-order valence-electron chi connectivity index (χ1n) is 7.02. The highest BCUT2D eigenvalue weighted by Gasteiger charge is 2.22. The third-order valence-corrected chi connectivity index (χ3v) is 2.83. The molecule has 0 aliphatic heterocycles. The summed E-state index contributed by atoms with van der Waals surface area (Å²) in [6.07, 6.45) is 6.91. The number of rotatable bonds is 4. The SMILES string of the molecule is CCC.CCCC(C)C1=CC(=O)C(CC)=CC1=O. The van der Waals surface area contributed by atoms with Gasteiger partial charge in [-0.2, -0.15) is 0 Å². The Hall–Kier alpha value is -1.18. The van der Waals surface area contributed by atoms with E-state index in [0.717, 1.165) is 12.8 Å². The van der Waals surface area contributed by atoms with E-state index in [0.29, 0.717) is 17.6 Å². The number of allylic oxidation sites excluding steroid dienone is 4. The highest BCUT2D eigenvalue weighted by Crippen LogP contribution is 2.23. The Balaban J connectivity index is 0.000000873. The standard InChI is InChI=1S/C13H18O2.C3H8/c1-4-6-9(3)11-8-12(14)10(5-2)7-13(11)15;1-3-2/h7-9H,4-6H2,1-3H3;3H2,1-2H3. The van der Waals surface area contributed by atoms with E-state index in [1.165, 1.54) is 18.6 Å². The molecule has 0 aromatic rings. The molecule has 1 aliphatic carbocycles. The number of ketones is 2. The highest BCUT2D eigenvalue weighted by molar-refractivity contribution is 6.20. The van der Waals surface area contributed by atoms with E-state index < -0.39 is 0 Å². The molecule has 0 heterocycles. The average molecular weight is 250 g/mol. The van der Waals surface area contributed by atoms with Gasteiger partial charge in [0.25, 0.3) is 0 Å². The van der Waals surface area contributed by atoms with E-state index in [4.69, 9.17) is 0 Å². The van der Waals surface area contributed by atoms with Crippen LogP contribution in [0.1, 0.15) is 60.3 Å². The molecule has 0 spiro atoms. The second kappa shape index (κ2) is 8.84. The van der Waals surface area contributed by atoms with Crippen LogP contribution in [0.3, 0.4) is 0 Å². The van der Waals surface area contributed by atoms with Crippen molar-refractivity contribution in [1.82, 2.24) is 0 Å². The molecule has 0 saturated carbocycles. The largest absolute Gasteiger partial charge is 0.290 e. The van der Waals surface area contributed by atoms with Crippen LogP contribution in [0.2, 0.25) is 0 Å². The summed E-state index contributed by atoms with van der Waals surface area (Å²) < 4.78 is 0. The zero-order valence-electron chi connectivity index (χ0n) is 12.4. The Bertz CT molecular complexity index is 348. The van der Waals surface area contributed by atoms with Crippen LogP contribution in [0, 0.1) is 5.92 Å². The van der Waals surface area contributed by atoms with E-state index in [1.54, 1.807) is 0 Å². The molecule has 0 radical (unpaired) electrons. The predicted octanol–water partition coefficient (Wildman–Crippen LogP) is 4.25. The maximum Gasteiger partial charge on any atom is 0.182 e. The highest BCUT2D eigenvalue weighted by atomic mass is 16.1. The van der Waals surface area contributed by atoms with E-state index in [-0.39, 0.29) is 17.5 Å². The molecule has 1 atom stereocenters. The lowest BCUT2D eigenvalue weighted by Gasteiger charge is -2.16. The van der Waals surface area contributed by atoms with Gasteiger partial charge in [-0.1, -0.05) is 47.5 Å². The molecule has 2 heteroatoms. The van der Waals surface area contributed by atoms with Gasteiger partial charge in [-0.15, -0.1) is 0 Å². The quantitative estimate of drug-likeness (QED) is 0.699. The lowest BCUT2D eigenvalue weighted by molar-refractivity contribution is -0.115. The topological polar surface area (TPSA) is 34.1 Å². The fourth-order valence-electron chi connectivity index (χ4n) is 1.87. The molecule has 2 nitrogen and oxygen atoms in total. The second-order valence-electron chi connectivity index (χ2n) is 4.75. The van der Waals surface area contributed by atoms with Crippen LogP contribution in [0.15, 0.2) is 23.3 Å². The summed E-state index contributed by atoms with van der Waals surface area (Å²) >= 11 is 0. The van der Waals surface area contributed by atoms with Crippen molar-refractivity contribution in [3.63, 3.8) is 0 Å². The van der Waals surface area contributed by atoms with Crippen LogP contribution in [0.5, 0.6) is 0 Å². The van der Waals surface area contributed by atoms with Crippen molar-refractivity contribution < 1.29 is 9.59 Å². The Morgan fingerprint density at radius 1 is 1.00 bits per heavy atom.